The molecule has 0 bridgehead atoms. The van der Waals surface area contributed by atoms with Gasteiger partial charge >= 0.3 is 0 Å². The van der Waals surface area contributed by atoms with E-state index in [1.807, 2.05) is 18.2 Å². The van der Waals surface area contributed by atoms with E-state index in [9.17, 15) is 0 Å². The first-order chi connectivity index (χ1) is 18.3. The van der Waals surface area contributed by atoms with Crippen LogP contribution in [0.3, 0.4) is 0 Å². The molecule has 0 spiro atoms. The largest absolute Gasteiger partial charge is 0.356 e. The number of nitrogens with one attached hydrogen (secondary N) is 1. The minimum atomic E-state index is 1.08. The van der Waals surface area contributed by atoms with Crippen LogP contribution < -0.4 is 5.32 Å². The van der Waals surface area contributed by atoms with E-state index >= 15 is 0 Å². The van der Waals surface area contributed by atoms with Crippen LogP contribution in [0.5, 0.6) is 0 Å². The molecule has 0 unspecified atom stereocenters. The van der Waals surface area contributed by atoms with Crippen molar-refractivity contribution in [3.05, 3.63) is 158 Å². The zero-order chi connectivity index (χ0) is 24.9. The lowest BCUT2D eigenvalue weighted by atomic mass is 9.90. The molecule has 0 atom stereocenters. The molecule has 0 aliphatic carbocycles. The van der Waals surface area contributed by atoms with Gasteiger partial charge in [-0.05, 0) is 74.8 Å². The Morgan fingerprint density at radius 3 is 1.30 bits per heavy atom. The predicted octanol–water partition coefficient (Wildman–Crippen LogP) is 10.1. The van der Waals surface area contributed by atoms with Gasteiger partial charge in [-0.15, -0.1) is 0 Å². The van der Waals surface area contributed by atoms with Crippen LogP contribution in [0.15, 0.2) is 158 Å². The summed E-state index contributed by atoms with van der Waals surface area (Å²) in [5, 5.41) is 3.45. The lowest BCUT2D eigenvalue weighted by Gasteiger charge is -2.14. The first kappa shape index (κ1) is 22.6. The zero-order valence-corrected chi connectivity index (χ0v) is 20.5. The van der Waals surface area contributed by atoms with Gasteiger partial charge in [0.05, 0.1) is 0 Å². The highest BCUT2D eigenvalue weighted by Crippen LogP contribution is 2.36. The van der Waals surface area contributed by atoms with Crippen LogP contribution in [0.25, 0.3) is 44.5 Å². The van der Waals surface area contributed by atoms with E-state index in [0.717, 1.165) is 11.4 Å². The molecule has 1 heteroatoms. The number of benzene rings is 6. The van der Waals surface area contributed by atoms with E-state index < -0.39 is 0 Å². The fourth-order valence-corrected chi connectivity index (χ4v) is 4.74. The quantitative estimate of drug-likeness (QED) is 0.254. The molecule has 1 N–H and O–H groups in total. The van der Waals surface area contributed by atoms with Crippen LogP contribution in [-0.2, 0) is 0 Å². The van der Waals surface area contributed by atoms with Crippen molar-refractivity contribution in [2.24, 2.45) is 0 Å². The van der Waals surface area contributed by atoms with Crippen molar-refractivity contribution in [3.63, 3.8) is 0 Å². The summed E-state index contributed by atoms with van der Waals surface area (Å²) in [4.78, 5) is 0. The third kappa shape index (κ3) is 5.07. The molecule has 37 heavy (non-hydrogen) atoms. The summed E-state index contributed by atoms with van der Waals surface area (Å²) >= 11 is 0. The minimum absolute atomic E-state index is 1.08. The first-order valence-corrected chi connectivity index (χ1v) is 12.6. The summed E-state index contributed by atoms with van der Waals surface area (Å²) in [6.07, 6.45) is 0. The molecule has 6 aromatic rings. The lowest BCUT2D eigenvalue weighted by Crippen LogP contribution is -1.90. The summed E-state index contributed by atoms with van der Waals surface area (Å²) in [7, 11) is 0. The van der Waals surface area contributed by atoms with Crippen LogP contribution >= 0.6 is 0 Å². The molecule has 176 valence electrons. The highest BCUT2D eigenvalue weighted by atomic mass is 14.9. The van der Waals surface area contributed by atoms with E-state index in [1.165, 1.54) is 44.5 Å². The molecule has 0 saturated heterocycles. The Balaban J connectivity index is 1.32. The maximum atomic E-state index is 3.45. The Kier molecular flexibility index (Phi) is 6.34. The van der Waals surface area contributed by atoms with Crippen molar-refractivity contribution in [1.82, 2.24) is 0 Å². The predicted molar refractivity (Wildman–Crippen MR) is 158 cm³/mol. The Bertz CT molecular complexity index is 1590. The molecule has 0 amide bonds. The minimum Gasteiger partial charge on any atom is -0.356 e. The Hall–Kier alpha value is -4.88. The Morgan fingerprint density at radius 1 is 0.270 bits per heavy atom. The fourth-order valence-electron chi connectivity index (χ4n) is 4.74. The normalized spacial score (nSPS) is 10.7. The van der Waals surface area contributed by atoms with Gasteiger partial charge in [0.2, 0.25) is 0 Å². The van der Waals surface area contributed by atoms with Gasteiger partial charge in [0.15, 0.2) is 0 Å². The molecule has 1 nitrogen and oxygen atoms in total. The Morgan fingerprint density at radius 2 is 0.676 bits per heavy atom. The molecular weight excluding hydrogens is 446 g/mol. The number of para-hydroxylation sites is 1. The molecule has 0 fully saturated rings. The maximum absolute atomic E-state index is 3.45. The van der Waals surface area contributed by atoms with Crippen molar-refractivity contribution < 1.29 is 0 Å². The molecule has 6 aromatic carbocycles. The molecule has 0 heterocycles. The smallest absolute Gasteiger partial charge is 0.0384 e. The van der Waals surface area contributed by atoms with E-state index in [2.05, 4.69) is 145 Å². The van der Waals surface area contributed by atoms with Gasteiger partial charge in [-0.3, -0.25) is 0 Å². The van der Waals surface area contributed by atoms with Gasteiger partial charge in [0.1, 0.15) is 0 Å². The van der Waals surface area contributed by atoms with Crippen LogP contribution in [0.2, 0.25) is 0 Å². The number of hydrogen-bond acceptors (Lipinski definition) is 1. The summed E-state index contributed by atoms with van der Waals surface area (Å²) in [5.41, 5.74) is 11.9. The van der Waals surface area contributed by atoms with Crippen LogP contribution in [0.4, 0.5) is 11.4 Å². The molecular formula is C36H27N. The summed E-state index contributed by atoms with van der Waals surface area (Å²) in [5.74, 6) is 0. The summed E-state index contributed by atoms with van der Waals surface area (Å²) < 4.78 is 0. The first-order valence-electron chi connectivity index (χ1n) is 12.6. The Labute approximate surface area is 218 Å². The zero-order valence-electron chi connectivity index (χ0n) is 20.5. The van der Waals surface area contributed by atoms with Crippen molar-refractivity contribution >= 4 is 11.4 Å². The molecule has 0 aliphatic rings. The van der Waals surface area contributed by atoms with Crippen molar-refractivity contribution in [3.8, 4) is 44.5 Å². The van der Waals surface area contributed by atoms with Crippen molar-refractivity contribution in [2.75, 3.05) is 5.32 Å². The summed E-state index contributed by atoms with van der Waals surface area (Å²) in [6, 6.07) is 55.8. The molecule has 6 rings (SSSR count). The number of rotatable bonds is 6. The summed E-state index contributed by atoms with van der Waals surface area (Å²) in [6.45, 7) is 0. The topological polar surface area (TPSA) is 12.0 Å². The fraction of sp³-hybridized carbons (Fsp3) is 0. The average molecular weight is 474 g/mol. The van der Waals surface area contributed by atoms with E-state index in [0.29, 0.717) is 0 Å². The third-order valence-corrected chi connectivity index (χ3v) is 6.69. The van der Waals surface area contributed by atoms with Crippen LogP contribution in [0.1, 0.15) is 0 Å². The molecule has 0 aromatic heterocycles. The highest BCUT2D eigenvalue weighted by molar-refractivity contribution is 5.87. The van der Waals surface area contributed by atoms with Crippen molar-refractivity contribution in [1.29, 1.82) is 0 Å². The average Bonchev–Trinajstić information content (AvgIpc) is 2.99. The lowest BCUT2D eigenvalue weighted by molar-refractivity contribution is 1.53. The SMILES string of the molecule is c1ccc(Nc2ccc(-c3ccc(-c4cc(-c5ccccc5)ccc4-c4ccccc4)cc3)cc2)cc1. The van der Waals surface area contributed by atoms with Gasteiger partial charge in [-0.25, -0.2) is 0 Å². The van der Waals surface area contributed by atoms with Gasteiger partial charge in [0, 0.05) is 11.4 Å². The second kappa shape index (κ2) is 10.4. The van der Waals surface area contributed by atoms with Gasteiger partial charge < -0.3 is 5.32 Å². The van der Waals surface area contributed by atoms with Gasteiger partial charge in [0.25, 0.3) is 0 Å². The second-order valence-corrected chi connectivity index (χ2v) is 9.14. The molecule has 0 saturated carbocycles. The van der Waals surface area contributed by atoms with Gasteiger partial charge in [-0.1, -0.05) is 127 Å². The third-order valence-electron chi connectivity index (χ3n) is 6.69. The van der Waals surface area contributed by atoms with Crippen LogP contribution in [0, 0.1) is 0 Å². The van der Waals surface area contributed by atoms with Crippen molar-refractivity contribution in [2.45, 2.75) is 0 Å². The second-order valence-electron chi connectivity index (χ2n) is 9.14. The van der Waals surface area contributed by atoms with E-state index in [1.54, 1.807) is 0 Å². The van der Waals surface area contributed by atoms with E-state index in [4.69, 9.17) is 0 Å². The van der Waals surface area contributed by atoms with Crippen LogP contribution in [-0.4, -0.2) is 0 Å². The standard InChI is InChI=1S/C36H27N/c1-4-10-27(11-5-1)32-22-25-35(30-12-6-2-7-13-30)36(26-32)31-18-16-28(17-19-31)29-20-23-34(24-21-29)37-33-14-8-3-9-15-33/h1-26,37H. The monoisotopic (exact) mass is 473 g/mol. The molecule has 0 aliphatic heterocycles. The molecule has 0 radical (unpaired) electrons. The number of anilines is 2. The number of hydrogen-bond donors (Lipinski definition) is 1. The highest BCUT2D eigenvalue weighted by Gasteiger charge is 2.10. The van der Waals surface area contributed by atoms with E-state index in [-0.39, 0.29) is 0 Å². The maximum Gasteiger partial charge on any atom is 0.0384 e. The van der Waals surface area contributed by atoms with Gasteiger partial charge in [-0.2, -0.15) is 0 Å².